The second-order valence-corrected chi connectivity index (χ2v) is 9.63. The number of nitrogens with zero attached hydrogens (tertiary/aromatic N) is 4. The normalized spacial score (nSPS) is 16.3. The van der Waals surface area contributed by atoms with Crippen molar-refractivity contribution in [2.75, 3.05) is 44.2 Å². The van der Waals surface area contributed by atoms with E-state index in [4.69, 9.17) is 4.74 Å². The molecule has 4 aromatic rings. The SMILES string of the molecule is N#Cc1cc(-c2nccc3[nH]c(-c4ccc(OCCN5CCCC5)cc4)cc23)ccc1N1CC(O)C1. The maximum atomic E-state index is 9.74. The number of hydrogen-bond donors (Lipinski definition) is 2. The monoisotopic (exact) mass is 479 g/mol. The van der Waals surface area contributed by atoms with Crippen LogP contribution in [-0.4, -0.2) is 65.4 Å². The van der Waals surface area contributed by atoms with Crippen LogP contribution in [0.5, 0.6) is 5.75 Å². The lowest BCUT2D eigenvalue weighted by Crippen LogP contribution is -2.51. The maximum Gasteiger partial charge on any atom is 0.119 e. The molecule has 0 atom stereocenters. The lowest BCUT2D eigenvalue weighted by Gasteiger charge is -2.38. The number of hydrogen-bond acceptors (Lipinski definition) is 6. The van der Waals surface area contributed by atoms with Gasteiger partial charge in [0.15, 0.2) is 0 Å². The third-order valence-electron chi connectivity index (χ3n) is 7.18. The number of ether oxygens (including phenoxy) is 1. The van der Waals surface area contributed by atoms with Gasteiger partial charge in [-0.05, 0) is 80.0 Å². The molecule has 0 bridgehead atoms. The number of fused-ring (bicyclic) bond motifs is 1. The van der Waals surface area contributed by atoms with Gasteiger partial charge in [0, 0.05) is 48.0 Å². The molecule has 0 spiro atoms. The van der Waals surface area contributed by atoms with E-state index in [1.807, 2.05) is 41.3 Å². The number of anilines is 1. The van der Waals surface area contributed by atoms with Crippen LogP contribution in [0, 0.1) is 11.3 Å². The molecule has 2 fully saturated rings. The molecule has 0 saturated carbocycles. The average molecular weight is 480 g/mol. The summed E-state index contributed by atoms with van der Waals surface area (Å²) < 4.78 is 5.96. The number of aliphatic hydroxyl groups excluding tert-OH is 1. The van der Waals surface area contributed by atoms with E-state index in [-0.39, 0.29) is 6.10 Å². The van der Waals surface area contributed by atoms with E-state index >= 15 is 0 Å². The highest BCUT2D eigenvalue weighted by Gasteiger charge is 2.26. The van der Waals surface area contributed by atoms with Crippen molar-refractivity contribution in [1.82, 2.24) is 14.9 Å². The Kier molecular flexibility index (Phi) is 6.06. The molecule has 2 aliphatic rings. The number of benzene rings is 2. The average Bonchev–Trinajstić information content (AvgIpc) is 3.57. The summed E-state index contributed by atoms with van der Waals surface area (Å²) >= 11 is 0. The molecule has 2 aliphatic heterocycles. The molecule has 2 aromatic heterocycles. The Hall–Kier alpha value is -3.86. The van der Waals surface area contributed by atoms with E-state index in [9.17, 15) is 10.4 Å². The molecule has 182 valence electrons. The Labute approximate surface area is 210 Å². The number of pyridine rings is 1. The topological polar surface area (TPSA) is 88.4 Å². The lowest BCUT2D eigenvalue weighted by atomic mass is 10.0. The van der Waals surface area contributed by atoms with Crippen molar-refractivity contribution in [2.45, 2.75) is 18.9 Å². The first-order valence-corrected chi connectivity index (χ1v) is 12.6. The first kappa shape index (κ1) is 22.6. The summed E-state index contributed by atoms with van der Waals surface area (Å²) in [5, 5.41) is 20.4. The molecule has 2 saturated heterocycles. The van der Waals surface area contributed by atoms with Crippen molar-refractivity contribution in [1.29, 1.82) is 5.26 Å². The van der Waals surface area contributed by atoms with Gasteiger partial charge in [-0.1, -0.05) is 6.07 Å². The molecule has 36 heavy (non-hydrogen) atoms. The highest BCUT2D eigenvalue weighted by atomic mass is 16.5. The van der Waals surface area contributed by atoms with Gasteiger partial charge in [-0.3, -0.25) is 9.88 Å². The number of nitriles is 1. The number of likely N-dealkylation sites (tertiary alicyclic amines) is 1. The van der Waals surface area contributed by atoms with Gasteiger partial charge >= 0.3 is 0 Å². The zero-order chi connectivity index (χ0) is 24.5. The second-order valence-electron chi connectivity index (χ2n) is 9.63. The zero-order valence-electron chi connectivity index (χ0n) is 20.2. The molecular weight excluding hydrogens is 450 g/mol. The molecule has 6 rings (SSSR count). The molecule has 0 amide bonds. The third kappa shape index (κ3) is 4.41. The number of H-pyrrole nitrogens is 1. The summed E-state index contributed by atoms with van der Waals surface area (Å²) in [6, 6.07) is 20.4. The van der Waals surface area contributed by atoms with Crippen molar-refractivity contribution < 1.29 is 9.84 Å². The van der Waals surface area contributed by atoms with Crippen molar-refractivity contribution in [3.8, 4) is 34.3 Å². The van der Waals surface area contributed by atoms with Gasteiger partial charge in [0.25, 0.3) is 0 Å². The Balaban J connectivity index is 1.22. The number of aromatic nitrogens is 2. The molecule has 7 heteroatoms. The third-order valence-corrected chi connectivity index (χ3v) is 7.18. The van der Waals surface area contributed by atoms with Crippen molar-refractivity contribution >= 4 is 16.6 Å². The van der Waals surface area contributed by atoms with Gasteiger partial charge in [-0.15, -0.1) is 0 Å². The molecule has 2 aromatic carbocycles. The van der Waals surface area contributed by atoms with Gasteiger partial charge in [0.1, 0.15) is 18.4 Å². The Morgan fingerprint density at radius 2 is 1.81 bits per heavy atom. The van der Waals surface area contributed by atoms with Gasteiger partial charge in [-0.2, -0.15) is 5.26 Å². The number of aromatic amines is 1. The predicted molar refractivity (Wildman–Crippen MR) is 141 cm³/mol. The van der Waals surface area contributed by atoms with E-state index in [1.54, 1.807) is 6.20 Å². The van der Waals surface area contributed by atoms with Gasteiger partial charge in [-0.25, -0.2) is 0 Å². The Morgan fingerprint density at radius 1 is 1.03 bits per heavy atom. The fourth-order valence-electron chi connectivity index (χ4n) is 5.17. The Morgan fingerprint density at radius 3 is 2.56 bits per heavy atom. The summed E-state index contributed by atoms with van der Waals surface area (Å²) in [5.74, 6) is 0.884. The number of nitrogens with one attached hydrogen (secondary N) is 1. The molecule has 2 N–H and O–H groups in total. The van der Waals surface area contributed by atoms with Crippen molar-refractivity contribution in [3.05, 3.63) is 66.4 Å². The maximum absolute atomic E-state index is 9.74. The van der Waals surface area contributed by atoms with Gasteiger partial charge in [0.2, 0.25) is 0 Å². The highest BCUT2D eigenvalue weighted by molar-refractivity contribution is 5.96. The molecular formula is C29H29N5O2. The number of aliphatic hydroxyl groups is 1. The molecule has 0 radical (unpaired) electrons. The summed E-state index contributed by atoms with van der Waals surface area (Å²) in [5.41, 5.74) is 6.26. The van der Waals surface area contributed by atoms with Crippen molar-refractivity contribution in [2.24, 2.45) is 0 Å². The summed E-state index contributed by atoms with van der Waals surface area (Å²) in [4.78, 5) is 12.6. The molecule has 0 unspecified atom stereocenters. The van der Waals surface area contributed by atoms with Crippen LogP contribution in [-0.2, 0) is 0 Å². The van der Waals surface area contributed by atoms with Crippen LogP contribution in [0.2, 0.25) is 0 Å². The fraction of sp³-hybridized carbons (Fsp3) is 0.310. The smallest absolute Gasteiger partial charge is 0.119 e. The first-order valence-electron chi connectivity index (χ1n) is 12.6. The van der Waals surface area contributed by atoms with Crippen LogP contribution in [0.1, 0.15) is 18.4 Å². The summed E-state index contributed by atoms with van der Waals surface area (Å²) in [7, 11) is 0. The summed E-state index contributed by atoms with van der Waals surface area (Å²) in [6.07, 6.45) is 4.07. The van der Waals surface area contributed by atoms with E-state index in [2.05, 4.69) is 39.1 Å². The van der Waals surface area contributed by atoms with Crippen LogP contribution in [0.15, 0.2) is 60.8 Å². The Bertz CT molecular complexity index is 1410. The van der Waals surface area contributed by atoms with Crippen LogP contribution < -0.4 is 9.64 Å². The second kappa shape index (κ2) is 9.65. The minimum absolute atomic E-state index is 0.319. The van der Waals surface area contributed by atoms with E-state index < -0.39 is 0 Å². The van der Waals surface area contributed by atoms with Crippen LogP contribution in [0.4, 0.5) is 5.69 Å². The molecule has 4 heterocycles. The summed E-state index contributed by atoms with van der Waals surface area (Å²) in [6.45, 7) is 5.18. The quantitative estimate of drug-likeness (QED) is 0.408. The minimum Gasteiger partial charge on any atom is -0.492 e. The first-order chi connectivity index (χ1) is 17.7. The van der Waals surface area contributed by atoms with E-state index in [1.165, 1.54) is 25.9 Å². The largest absolute Gasteiger partial charge is 0.492 e. The minimum atomic E-state index is -0.319. The van der Waals surface area contributed by atoms with Gasteiger partial charge < -0.3 is 19.7 Å². The standard InChI is InChI=1S/C29H29N5O2/c30-17-22-15-21(5-8-28(22)34-18-23(35)19-34)29-25-16-27(32-26(25)9-10-31-29)20-3-6-24(7-4-20)36-14-13-33-11-1-2-12-33/h3-10,15-16,23,32,35H,1-2,11-14,18-19H2. The van der Waals surface area contributed by atoms with Crippen molar-refractivity contribution in [3.63, 3.8) is 0 Å². The number of β-amino-alcohol motifs (C(OH)–C–C–N with tert-alkyl or cyclic N) is 1. The zero-order valence-corrected chi connectivity index (χ0v) is 20.2. The van der Waals surface area contributed by atoms with E-state index in [0.717, 1.165) is 51.4 Å². The fourth-order valence-corrected chi connectivity index (χ4v) is 5.17. The van der Waals surface area contributed by atoms with Crippen LogP contribution >= 0.6 is 0 Å². The van der Waals surface area contributed by atoms with E-state index in [0.29, 0.717) is 25.3 Å². The van der Waals surface area contributed by atoms with Gasteiger partial charge in [0.05, 0.1) is 23.0 Å². The number of rotatable bonds is 7. The highest BCUT2D eigenvalue weighted by Crippen LogP contribution is 2.34. The lowest BCUT2D eigenvalue weighted by molar-refractivity contribution is 0.142. The molecule has 0 aliphatic carbocycles. The molecule has 7 nitrogen and oxygen atoms in total. The van der Waals surface area contributed by atoms with Crippen LogP contribution in [0.25, 0.3) is 33.4 Å². The van der Waals surface area contributed by atoms with Crippen LogP contribution in [0.3, 0.4) is 0 Å². The predicted octanol–water partition coefficient (Wildman–Crippen LogP) is 4.42.